The summed E-state index contributed by atoms with van der Waals surface area (Å²) < 4.78 is 34.4. The van der Waals surface area contributed by atoms with E-state index in [1.54, 1.807) is 8.61 Å². The van der Waals surface area contributed by atoms with E-state index in [-0.39, 0.29) is 0 Å². The average molecular weight is 420 g/mol. The molecule has 2 saturated heterocycles. The van der Waals surface area contributed by atoms with Gasteiger partial charge in [0, 0.05) is 44.8 Å². The molecule has 4 rings (SSSR count). The summed E-state index contributed by atoms with van der Waals surface area (Å²) >= 11 is 0. The lowest BCUT2D eigenvalue weighted by Crippen LogP contribution is -2.54. The first-order valence-corrected chi connectivity index (χ1v) is 11.7. The molecule has 3 heterocycles. The minimum Gasteiger partial charge on any atom is -0.338 e. The Morgan fingerprint density at radius 3 is 2.28 bits per heavy atom. The third-order valence-electron chi connectivity index (χ3n) is 5.86. The van der Waals surface area contributed by atoms with E-state index >= 15 is 0 Å². The second-order valence-corrected chi connectivity index (χ2v) is 10.1. The van der Waals surface area contributed by atoms with E-state index in [0.29, 0.717) is 63.4 Å². The van der Waals surface area contributed by atoms with Crippen LogP contribution in [0.15, 0.2) is 28.8 Å². The van der Waals surface area contributed by atoms with Gasteiger partial charge >= 0.3 is 0 Å². The van der Waals surface area contributed by atoms with Crippen molar-refractivity contribution in [1.82, 2.24) is 23.7 Å². The molecule has 0 saturated carbocycles. The predicted octanol–water partition coefficient (Wildman–Crippen LogP) is 2.14. The highest BCUT2D eigenvalue weighted by molar-refractivity contribution is 7.86. The monoisotopic (exact) mass is 419 g/mol. The SMILES string of the molecule is Cc1ccc(-c2noc(CN3CCN(S(=O)(=O)N4CCC(C)CC4)CC3)n2)cc1. The van der Waals surface area contributed by atoms with Crippen LogP contribution in [0, 0.1) is 12.8 Å². The molecule has 8 nitrogen and oxygen atoms in total. The minimum atomic E-state index is -3.35. The molecule has 0 spiro atoms. The molecule has 29 heavy (non-hydrogen) atoms. The summed E-state index contributed by atoms with van der Waals surface area (Å²) in [6.45, 7) is 8.33. The summed E-state index contributed by atoms with van der Waals surface area (Å²) in [5, 5.41) is 4.08. The molecule has 1 aromatic carbocycles. The Bertz CT molecular complexity index is 912. The fraction of sp³-hybridized carbons (Fsp3) is 0.600. The van der Waals surface area contributed by atoms with Gasteiger partial charge in [0.15, 0.2) is 0 Å². The van der Waals surface area contributed by atoms with Crippen molar-refractivity contribution in [2.24, 2.45) is 5.92 Å². The van der Waals surface area contributed by atoms with Gasteiger partial charge in [-0.2, -0.15) is 22.0 Å². The van der Waals surface area contributed by atoms with Crippen molar-refractivity contribution in [3.63, 3.8) is 0 Å². The summed E-state index contributed by atoms with van der Waals surface area (Å²) in [5.41, 5.74) is 2.11. The van der Waals surface area contributed by atoms with E-state index in [0.717, 1.165) is 18.4 Å². The number of benzene rings is 1. The molecule has 0 bridgehead atoms. The van der Waals surface area contributed by atoms with Crippen LogP contribution in [-0.4, -0.2) is 71.3 Å². The number of rotatable bonds is 5. The molecule has 2 aliphatic heterocycles. The van der Waals surface area contributed by atoms with Crippen LogP contribution >= 0.6 is 0 Å². The molecule has 2 aliphatic rings. The smallest absolute Gasteiger partial charge is 0.282 e. The maximum atomic E-state index is 12.9. The number of hydrogen-bond donors (Lipinski definition) is 0. The van der Waals surface area contributed by atoms with Gasteiger partial charge in [-0.15, -0.1) is 0 Å². The quantitative estimate of drug-likeness (QED) is 0.738. The lowest BCUT2D eigenvalue weighted by molar-refractivity contribution is 0.155. The first-order valence-electron chi connectivity index (χ1n) is 10.3. The standard InChI is InChI=1S/C20H29N5O3S/c1-16-3-5-18(6-4-16)20-21-19(28-22-20)15-23-11-13-25(14-12-23)29(26,27)24-9-7-17(2)8-10-24/h3-6,17H,7-15H2,1-2H3. The fourth-order valence-electron chi connectivity index (χ4n) is 3.83. The maximum Gasteiger partial charge on any atom is 0.282 e. The second kappa shape index (κ2) is 8.51. The Hall–Kier alpha value is -1.81. The number of piperazine rings is 1. The molecule has 158 valence electrons. The van der Waals surface area contributed by atoms with E-state index in [4.69, 9.17) is 4.52 Å². The van der Waals surface area contributed by atoms with Crippen molar-refractivity contribution < 1.29 is 12.9 Å². The molecule has 2 fully saturated rings. The van der Waals surface area contributed by atoms with E-state index in [2.05, 4.69) is 22.0 Å². The fourth-order valence-corrected chi connectivity index (χ4v) is 5.45. The Balaban J connectivity index is 1.32. The van der Waals surface area contributed by atoms with Gasteiger partial charge < -0.3 is 4.52 Å². The zero-order valence-electron chi connectivity index (χ0n) is 17.1. The Morgan fingerprint density at radius 2 is 1.62 bits per heavy atom. The number of aromatic nitrogens is 2. The topological polar surface area (TPSA) is 82.8 Å². The van der Waals surface area contributed by atoms with Crippen LogP contribution in [0.5, 0.6) is 0 Å². The number of nitrogens with zero attached hydrogens (tertiary/aromatic N) is 5. The normalized spacial score (nSPS) is 20.9. The van der Waals surface area contributed by atoms with Crippen molar-refractivity contribution in [2.75, 3.05) is 39.3 Å². The molecule has 0 unspecified atom stereocenters. The molecular weight excluding hydrogens is 390 g/mol. The van der Waals surface area contributed by atoms with Gasteiger partial charge in [0.05, 0.1) is 6.54 Å². The molecule has 0 radical (unpaired) electrons. The largest absolute Gasteiger partial charge is 0.338 e. The summed E-state index contributed by atoms with van der Waals surface area (Å²) in [6.07, 6.45) is 1.89. The van der Waals surface area contributed by atoms with Crippen molar-refractivity contribution in [3.8, 4) is 11.4 Å². The van der Waals surface area contributed by atoms with Crippen LogP contribution in [0.25, 0.3) is 11.4 Å². The third kappa shape index (κ3) is 4.69. The first kappa shape index (κ1) is 20.5. The predicted molar refractivity (Wildman–Crippen MR) is 110 cm³/mol. The molecule has 0 amide bonds. The summed E-state index contributed by atoms with van der Waals surface area (Å²) in [4.78, 5) is 6.66. The maximum absolute atomic E-state index is 12.9. The lowest BCUT2D eigenvalue weighted by atomic mass is 10.0. The van der Waals surface area contributed by atoms with Crippen LogP contribution in [0.3, 0.4) is 0 Å². The number of aryl methyl sites for hydroxylation is 1. The van der Waals surface area contributed by atoms with Gasteiger partial charge in [0.2, 0.25) is 11.7 Å². The number of hydrogen-bond acceptors (Lipinski definition) is 6. The van der Waals surface area contributed by atoms with Crippen LogP contribution in [-0.2, 0) is 16.8 Å². The van der Waals surface area contributed by atoms with Crippen molar-refractivity contribution in [3.05, 3.63) is 35.7 Å². The van der Waals surface area contributed by atoms with Gasteiger partial charge in [-0.3, -0.25) is 4.90 Å². The van der Waals surface area contributed by atoms with E-state index in [1.165, 1.54) is 5.56 Å². The van der Waals surface area contributed by atoms with Crippen LogP contribution in [0.4, 0.5) is 0 Å². The summed E-state index contributed by atoms with van der Waals surface area (Å²) in [6, 6.07) is 8.01. The second-order valence-electron chi connectivity index (χ2n) is 8.14. The van der Waals surface area contributed by atoms with Crippen LogP contribution < -0.4 is 0 Å². The molecule has 0 atom stereocenters. The number of piperidine rings is 1. The Labute approximate surface area is 172 Å². The molecular formula is C20H29N5O3S. The van der Waals surface area contributed by atoms with Gasteiger partial charge in [0.1, 0.15) is 0 Å². The Kier molecular flexibility index (Phi) is 6.00. The van der Waals surface area contributed by atoms with E-state index < -0.39 is 10.2 Å². The molecule has 9 heteroatoms. The van der Waals surface area contributed by atoms with Gasteiger partial charge in [-0.25, -0.2) is 0 Å². The molecule has 0 aliphatic carbocycles. The minimum absolute atomic E-state index is 0.493. The van der Waals surface area contributed by atoms with E-state index in [9.17, 15) is 8.42 Å². The zero-order chi connectivity index (χ0) is 20.4. The van der Waals surface area contributed by atoms with Crippen LogP contribution in [0.1, 0.15) is 31.2 Å². The van der Waals surface area contributed by atoms with Gasteiger partial charge in [0.25, 0.3) is 10.2 Å². The van der Waals surface area contributed by atoms with Crippen molar-refractivity contribution in [2.45, 2.75) is 33.2 Å². The summed E-state index contributed by atoms with van der Waals surface area (Å²) in [7, 11) is -3.35. The van der Waals surface area contributed by atoms with Crippen molar-refractivity contribution >= 4 is 10.2 Å². The molecule has 0 N–H and O–H groups in total. The molecule has 1 aromatic heterocycles. The van der Waals surface area contributed by atoms with Gasteiger partial charge in [-0.1, -0.05) is 41.9 Å². The lowest BCUT2D eigenvalue weighted by Gasteiger charge is -2.38. The highest BCUT2D eigenvalue weighted by Gasteiger charge is 2.34. The molecule has 2 aromatic rings. The average Bonchev–Trinajstić information content (AvgIpc) is 3.18. The highest BCUT2D eigenvalue weighted by atomic mass is 32.2. The third-order valence-corrected chi connectivity index (χ3v) is 7.90. The van der Waals surface area contributed by atoms with Crippen molar-refractivity contribution in [1.29, 1.82) is 0 Å². The highest BCUT2D eigenvalue weighted by Crippen LogP contribution is 2.22. The van der Waals surface area contributed by atoms with E-state index in [1.807, 2.05) is 31.2 Å². The zero-order valence-corrected chi connectivity index (χ0v) is 17.9. The van der Waals surface area contributed by atoms with Crippen LogP contribution in [0.2, 0.25) is 0 Å². The Morgan fingerprint density at radius 1 is 1.00 bits per heavy atom. The van der Waals surface area contributed by atoms with Gasteiger partial charge in [-0.05, 0) is 25.7 Å². The first-order chi connectivity index (χ1) is 13.9. The summed E-state index contributed by atoms with van der Waals surface area (Å²) in [5.74, 6) is 1.75.